The van der Waals surface area contributed by atoms with E-state index in [1.807, 2.05) is 0 Å². The second kappa shape index (κ2) is 3.53. The molecule has 0 radical (unpaired) electrons. The molecule has 1 atom stereocenters. The van der Waals surface area contributed by atoms with E-state index in [9.17, 15) is 8.42 Å². The molecule has 13 heavy (non-hydrogen) atoms. The van der Waals surface area contributed by atoms with Gasteiger partial charge >= 0.3 is 0 Å². The fourth-order valence-corrected chi connectivity index (χ4v) is 3.24. The van der Waals surface area contributed by atoms with Crippen LogP contribution in [0.3, 0.4) is 0 Å². The van der Waals surface area contributed by atoms with Gasteiger partial charge in [-0.25, -0.2) is 8.42 Å². The highest BCUT2D eigenvalue weighted by Crippen LogP contribution is 2.19. The minimum atomic E-state index is -3.06. The van der Waals surface area contributed by atoms with Crippen LogP contribution < -0.4 is 0 Å². The third kappa shape index (κ3) is 1.85. The third-order valence-electron chi connectivity index (χ3n) is 2.26. The number of rotatable bonds is 1. The average Bonchev–Trinajstić information content (AvgIpc) is 2.47. The Morgan fingerprint density at radius 1 is 1.31 bits per heavy atom. The minimum absolute atomic E-state index is 0.243. The molecule has 0 aliphatic carbocycles. The summed E-state index contributed by atoms with van der Waals surface area (Å²) in [4.78, 5) is 0. The van der Waals surface area contributed by atoms with E-state index >= 15 is 0 Å². The van der Waals surface area contributed by atoms with Gasteiger partial charge in [0.2, 0.25) is 10.0 Å². The van der Waals surface area contributed by atoms with Crippen molar-refractivity contribution in [3.05, 3.63) is 0 Å². The molecule has 2 rings (SSSR count). The van der Waals surface area contributed by atoms with Gasteiger partial charge < -0.3 is 9.47 Å². The van der Waals surface area contributed by atoms with Crippen molar-refractivity contribution in [3.63, 3.8) is 0 Å². The Balaban J connectivity index is 2.07. The van der Waals surface area contributed by atoms with Crippen molar-refractivity contribution in [2.24, 2.45) is 0 Å². The van der Waals surface area contributed by atoms with E-state index in [1.54, 1.807) is 0 Å². The summed E-state index contributed by atoms with van der Waals surface area (Å²) in [5.74, 6) is 0.243. The van der Waals surface area contributed by atoms with Crippen LogP contribution >= 0.6 is 0 Å². The molecule has 0 amide bonds. The van der Waals surface area contributed by atoms with Gasteiger partial charge in [-0.15, -0.1) is 0 Å². The molecule has 2 fully saturated rings. The SMILES string of the molecule is O=S1(=O)CCCN1C1COCCO1. The standard InChI is InChI=1S/C7H13NO4S/c9-13(10)5-1-2-8(13)7-6-11-3-4-12-7/h7H,1-6H2. The summed E-state index contributed by atoms with van der Waals surface area (Å²) in [5.41, 5.74) is 0. The highest BCUT2D eigenvalue weighted by Gasteiger charge is 2.36. The Labute approximate surface area is 77.7 Å². The van der Waals surface area contributed by atoms with Gasteiger partial charge in [-0.1, -0.05) is 0 Å². The maximum absolute atomic E-state index is 11.5. The van der Waals surface area contributed by atoms with E-state index in [2.05, 4.69) is 0 Å². The monoisotopic (exact) mass is 207 g/mol. The first-order valence-electron chi connectivity index (χ1n) is 4.39. The predicted molar refractivity (Wildman–Crippen MR) is 45.7 cm³/mol. The first-order valence-corrected chi connectivity index (χ1v) is 6.00. The molecule has 0 N–H and O–H groups in total. The van der Waals surface area contributed by atoms with Crippen LogP contribution in [0, 0.1) is 0 Å². The molecule has 2 aliphatic rings. The molecule has 0 bridgehead atoms. The fraction of sp³-hybridized carbons (Fsp3) is 1.00. The van der Waals surface area contributed by atoms with Gasteiger partial charge in [-0.05, 0) is 6.42 Å². The quantitative estimate of drug-likeness (QED) is 0.576. The van der Waals surface area contributed by atoms with Crippen molar-refractivity contribution in [1.82, 2.24) is 4.31 Å². The van der Waals surface area contributed by atoms with Gasteiger partial charge in [-0.3, -0.25) is 0 Å². The molecule has 2 saturated heterocycles. The topological polar surface area (TPSA) is 55.8 Å². The zero-order valence-corrected chi connectivity index (χ0v) is 8.12. The van der Waals surface area contributed by atoms with Crippen LogP contribution in [0.15, 0.2) is 0 Å². The molecular weight excluding hydrogens is 194 g/mol. The van der Waals surface area contributed by atoms with Gasteiger partial charge in [-0.2, -0.15) is 4.31 Å². The first-order chi connectivity index (χ1) is 6.20. The molecule has 1 unspecified atom stereocenters. The third-order valence-corrected chi connectivity index (χ3v) is 4.19. The van der Waals surface area contributed by atoms with Crippen LogP contribution in [0.25, 0.3) is 0 Å². The van der Waals surface area contributed by atoms with E-state index in [0.29, 0.717) is 32.8 Å². The molecule has 6 heteroatoms. The summed E-state index contributed by atoms with van der Waals surface area (Å²) >= 11 is 0. The second-order valence-corrected chi connectivity index (χ2v) is 5.22. The molecule has 0 aromatic carbocycles. The van der Waals surface area contributed by atoms with E-state index in [0.717, 1.165) is 0 Å². The van der Waals surface area contributed by atoms with Crippen molar-refractivity contribution in [2.45, 2.75) is 12.6 Å². The number of hydrogen-bond acceptors (Lipinski definition) is 4. The van der Waals surface area contributed by atoms with Crippen molar-refractivity contribution in [1.29, 1.82) is 0 Å². The van der Waals surface area contributed by atoms with Crippen molar-refractivity contribution >= 4 is 10.0 Å². The van der Waals surface area contributed by atoms with Crippen LogP contribution in [0.2, 0.25) is 0 Å². The Kier molecular flexibility index (Phi) is 2.55. The van der Waals surface area contributed by atoms with Gasteiger partial charge in [0.1, 0.15) is 6.23 Å². The lowest BCUT2D eigenvalue weighted by molar-refractivity contribution is -0.128. The number of sulfonamides is 1. The lowest BCUT2D eigenvalue weighted by Gasteiger charge is -2.29. The summed E-state index contributed by atoms with van der Waals surface area (Å²) in [6, 6.07) is 0. The van der Waals surface area contributed by atoms with Gasteiger partial charge in [0.15, 0.2) is 0 Å². The summed E-state index contributed by atoms with van der Waals surface area (Å²) < 4.78 is 34.8. The summed E-state index contributed by atoms with van der Waals surface area (Å²) in [5, 5.41) is 0. The minimum Gasteiger partial charge on any atom is -0.375 e. The molecule has 0 aromatic rings. The summed E-state index contributed by atoms with van der Waals surface area (Å²) in [7, 11) is -3.06. The maximum Gasteiger partial charge on any atom is 0.216 e. The number of hydrogen-bond donors (Lipinski definition) is 0. The first kappa shape index (κ1) is 9.39. The van der Waals surface area contributed by atoms with E-state index in [1.165, 1.54) is 4.31 Å². The number of ether oxygens (including phenoxy) is 2. The highest BCUT2D eigenvalue weighted by atomic mass is 32.2. The van der Waals surface area contributed by atoms with Gasteiger partial charge in [0, 0.05) is 6.54 Å². The largest absolute Gasteiger partial charge is 0.375 e. The van der Waals surface area contributed by atoms with Crippen LogP contribution in [-0.4, -0.2) is 51.1 Å². The van der Waals surface area contributed by atoms with Crippen molar-refractivity contribution in [3.8, 4) is 0 Å². The Bertz CT molecular complexity index is 270. The van der Waals surface area contributed by atoms with Crippen LogP contribution in [0.5, 0.6) is 0 Å². The molecule has 2 aliphatic heterocycles. The molecule has 0 saturated carbocycles. The average molecular weight is 207 g/mol. The Hall–Kier alpha value is -0.170. The molecule has 5 nitrogen and oxygen atoms in total. The van der Waals surface area contributed by atoms with Crippen molar-refractivity contribution in [2.75, 3.05) is 32.1 Å². The Morgan fingerprint density at radius 3 is 2.69 bits per heavy atom. The van der Waals surface area contributed by atoms with Crippen LogP contribution in [0.4, 0.5) is 0 Å². The predicted octanol–water partition coefficient (Wildman–Crippen LogP) is -0.605. The fourth-order valence-electron chi connectivity index (χ4n) is 1.62. The summed E-state index contributed by atoms with van der Waals surface area (Å²) in [6.07, 6.45) is 0.309. The molecule has 76 valence electrons. The molecule has 0 aromatic heterocycles. The number of nitrogens with zero attached hydrogens (tertiary/aromatic N) is 1. The molecule has 2 heterocycles. The van der Waals surface area contributed by atoms with E-state index < -0.39 is 10.0 Å². The molecular formula is C7H13NO4S. The lowest BCUT2D eigenvalue weighted by Crippen LogP contribution is -2.44. The van der Waals surface area contributed by atoms with Gasteiger partial charge in [0.05, 0.1) is 25.6 Å². The van der Waals surface area contributed by atoms with Crippen molar-refractivity contribution < 1.29 is 17.9 Å². The smallest absolute Gasteiger partial charge is 0.216 e. The Morgan fingerprint density at radius 2 is 2.15 bits per heavy atom. The zero-order chi connectivity index (χ0) is 9.31. The summed E-state index contributed by atoms with van der Waals surface area (Å²) in [6.45, 7) is 1.97. The molecule has 0 spiro atoms. The second-order valence-electron chi connectivity index (χ2n) is 3.18. The van der Waals surface area contributed by atoms with Crippen LogP contribution in [-0.2, 0) is 19.5 Å². The van der Waals surface area contributed by atoms with Crippen LogP contribution in [0.1, 0.15) is 6.42 Å². The highest BCUT2D eigenvalue weighted by molar-refractivity contribution is 7.89. The maximum atomic E-state index is 11.5. The lowest BCUT2D eigenvalue weighted by atomic mass is 10.4. The van der Waals surface area contributed by atoms with E-state index in [4.69, 9.17) is 9.47 Å². The normalized spacial score (nSPS) is 34.9. The van der Waals surface area contributed by atoms with E-state index in [-0.39, 0.29) is 12.0 Å². The van der Waals surface area contributed by atoms with Gasteiger partial charge in [0.25, 0.3) is 0 Å². The zero-order valence-electron chi connectivity index (χ0n) is 7.31.